The molecule has 0 aliphatic carbocycles. The molecule has 2 aromatic rings. The highest BCUT2D eigenvalue weighted by atomic mass is 19.1. The first-order chi connectivity index (χ1) is 10.7. The molecule has 0 spiro atoms. The average molecular weight is 297 g/mol. The fourth-order valence-electron chi connectivity index (χ4n) is 3.87. The minimum absolute atomic E-state index is 0.00962. The maximum atomic E-state index is 14.5. The molecule has 0 amide bonds. The van der Waals surface area contributed by atoms with Gasteiger partial charge in [-0.3, -0.25) is 0 Å². The summed E-state index contributed by atoms with van der Waals surface area (Å²) in [5.41, 5.74) is 3.75. The van der Waals surface area contributed by atoms with Crippen LogP contribution < -0.4 is 5.32 Å². The lowest BCUT2D eigenvalue weighted by Crippen LogP contribution is -2.36. The van der Waals surface area contributed by atoms with Gasteiger partial charge in [0, 0.05) is 18.1 Å². The summed E-state index contributed by atoms with van der Waals surface area (Å²) in [4.78, 5) is 0. The van der Waals surface area contributed by atoms with Gasteiger partial charge in [0.25, 0.3) is 0 Å². The number of nitrogens with one attached hydrogen (secondary N) is 1. The summed E-state index contributed by atoms with van der Waals surface area (Å²) < 4.78 is 20.5. The van der Waals surface area contributed by atoms with Crippen LogP contribution in [0.5, 0.6) is 0 Å². The number of benzene rings is 2. The van der Waals surface area contributed by atoms with Crippen molar-refractivity contribution in [2.75, 3.05) is 11.9 Å². The molecule has 0 bridgehead atoms. The van der Waals surface area contributed by atoms with Crippen molar-refractivity contribution in [1.29, 1.82) is 0 Å². The highest BCUT2D eigenvalue weighted by molar-refractivity contribution is 5.59. The molecule has 2 aliphatic heterocycles. The molecule has 2 aliphatic rings. The first kappa shape index (κ1) is 13.8. The van der Waals surface area contributed by atoms with Crippen LogP contribution in [0, 0.1) is 18.7 Å². The molecular formula is C19H20FNO. The fourth-order valence-corrected chi connectivity index (χ4v) is 3.87. The number of rotatable bonds is 1. The molecule has 2 aromatic carbocycles. The van der Waals surface area contributed by atoms with Gasteiger partial charge >= 0.3 is 0 Å². The third-order valence-electron chi connectivity index (χ3n) is 4.83. The van der Waals surface area contributed by atoms with Crippen LogP contribution in [0.1, 0.15) is 41.7 Å². The van der Waals surface area contributed by atoms with E-state index in [1.807, 2.05) is 25.1 Å². The molecule has 3 heteroatoms. The van der Waals surface area contributed by atoms with Gasteiger partial charge in [0.2, 0.25) is 0 Å². The van der Waals surface area contributed by atoms with Gasteiger partial charge in [-0.15, -0.1) is 0 Å². The van der Waals surface area contributed by atoms with E-state index in [0.717, 1.165) is 30.6 Å². The van der Waals surface area contributed by atoms with Crippen molar-refractivity contribution in [1.82, 2.24) is 0 Å². The molecule has 1 N–H and O–H groups in total. The fraction of sp³-hybridized carbons (Fsp3) is 0.368. The van der Waals surface area contributed by atoms with E-state index in [1.54, 1.807) is 6.07 Å². The normalized spacial score (nSPS) is 26.7. The van der Waals surface area contributed by atoms with E-state index in [0.29, 0.717) is 11.6 Å². The maximum Gasteiger partial charge on any atom is 0.146 e. The predicted molar refractivity (Wildman–Crippen MR) is 85.4 cm³/mol. The second kappa shape index (κ2) is 5.40. The summed E-state index contributed by atoms with van der Waals surface area (Å²) in [5.74, 6) is 0.174. The van der Waals surface area contributed by atoms with Crippen LogP contribution in [-0.4, -0.2) is 6.61 Å². The van der Waals surface area contributed by atoms with Crippen molar-refractivity contribution in [3.8, 4) is 0 Å². The predicted octanol–water partition coefficient (Wildman–Crippen LogP) is 4.77. The summed E-state index contributed by atoms with van der Waals surface area (Å²) >= 11 is 0. The number of aryl methyl sites for hydroxylation is 1. The SMILES string of the molecule is Cc1cc(F)c2c(c1)C1OCCCC1[C@H](c1ccccc1)N2. The first-order valence-electron chi connectivity index (χ1n) is 7.97. The van der Waals surface area contributed by atoms with Gasteiger partial charge < -0.3 is 10.1 Å². The zero-order valence-corrected chi connectivity index (χ0v) is 12.7. The van der Waals surface area contributed by atoms with E-state index < -0.39 is 0 Å². The number of anilines is 1. The Morgan fingerprint density at radius 1 is 1.18 bits per heavy atom. The molecule has 3 atom stereocenters. The van der Waals surface area contributed by atoms with Crippen molar-refractivity contribution < 1.29 is 9.13 Å². The minimum atomic E-state index is -0.177. The largest absolute Gasteiger partial charge is 0.375 e. The van der Waals surface area contributed by atoms with E-state index in [-0.39, 0.29) is 18.0 Å². The van der Waals surface area contributed by atoms with Gasteiger partial charge in [-0.25, -0.2) is 4.39 Å². The highest BCUT2D eigenvalue weighted by Gasteiger charge is 2.40. The summed E-state index contributed by atoms with van der Waals surface area (Å²) in [6.07, 6.45) is 2.16. The van der Waals surface area contributed by atoms with E-state index in [2.05, 4.69) is 23.5 Å². The van der Waals surface area contributed by atoms with Crippen molar-refractivity contribution in [3.05, 3.63) is 65.0 Å². The second-order valence-electron chi connectivity index (χ2n) is 6.34. The summed E-state index contributed by atoms with van der Waals surface area (Å²) in [5, 5.41) is 3.45. The van der Waals surface area contributed by atoms with Crippen LogP contribution in [0.3, 0.4) is 0 Å². The standard InChI is InChI=1S/C19H20FNO/c1-12-10-15-18(16(20)11-12)21-17(13-6-3-2-4-7-13)14-8-5-9-22-19(14)15/h2-4,6-7,10-11,14,17,19,21H,5,8-9H2,1H3/t14?,17-,19?/m0/s1. The lowest BCUT2D eigenvalue weighted by molar-refractivity contribution is -0.0384. The van der Waals surface area contributed by atoms with Crippen LogP contribution in [0.25, 0.3) is 0 Å². The zero-order chi connectivity index (χ0) is 15.1. The number of hydrogen-bond donors (Lipinski definition) is 1. The van der Waals surface area contributed by atoms with Gasteiger partial charge in [-0.2, -0.15) is 0 Å². The van der Waals surface area contributed by atoms with E-state index in [4.69, 9.17) is 4.74 Å². The number of halogens is 1. The summed E-state index contributed by atoms with van der Waals surface area (Å²) in [6, 6.07) is 14.1. The van der Waals surface area contributed by atoms with Gasteiger partial charge in [0.15, 0.2) is 0 Å². The van der Waals surface area contributed by atoms with Crippen molar-refractivity contribution >= 4 is 5.69 Å². The van der Waals surface area contributed by atoms with Crippen LogP contribution >= 0.6 is 0 Å². The number of ether oxygens (including phenoxy) is 1. The minimum Gasteiger partial charge on any atom is -0.375 e. The van der Waals surface area contributed by atoms with Crippen molar-refractivity contribution in [2.45, 2.75) is 31.9 Å². The molecule has 1 fully saturated rings. The Balaban J connectivity index is 1.83. The van der Waals surface area contributed by atoms with Gasteiger partial charge in [-0.05, 0) is 37.0 Å². The van der Waals surface area contributed by atoms with Crippen molar-refractivity contribution in [2.24, 2.45) is 5.92 Å². The van der Waals surface area contributed by atoms with Crippen molar-refractivity contribution in [3.63, 3.8) is 0 Å². The van der Waals surface area contributed by atoms with Crippen LogP contribution in [-0.2, 0) is 4.74 Å². The lowest BCUT2D eigenvalue weighted by atomic mass is 9.77. The molecular weight excluding hydrogens is 277 g/mol. The van der Waals surface area contributed by atoms with Gasteiger partial charge in [-0.1, -0.05) is 36.4 Å². The molecule has 0 saturated carbocycles. The Bertz CT molecular complexity index is 685. The monoisotopic (exact) mass is 297 g/mol. The molecule has 2 nitrogen and oxygen atoms in total. The van der Waals surface area contributed by atoms with E-state index >= 15 is 0 Å². The Kier molecular flexibility index (Phi) is 3.38. The Morgan fingerprint density at radius 3 is 2.82 bits per heavy atom. The first-order valence-corrected chi connectivity index (χ1v) is 7.97. The third kappa shape index (κ3) is 2.20. The van der Waals surface area contributed by atoms with Crippen LogP contribution in [0.15, 0.2) is 42.5 Å². The Hall–Kier alpha value is -1.87. The second-order valence-corrected chi connectivity index (χ2v) is 6.34. The van der Waals surface area contributed by atoms with E-state index in [1.165, 1.54) is 5.56 Å². The molecule has 4 rings (SSSR count). The van der Waals surface area contributed by atoms with Gasteiger partial charge in [0.1, 0.15) is 5.82 Å². The molecule has 0 aromatic heterocycles. The Labute approximate surface area is 130 Å². The molecule has 1 saturated heterocycles. The van der Waals surface area contributed by atoms with Crippen LogP contribution in [0.2, 0.25) is 0 Å². The summed E-state index contributed by atoms with van der Waals surface area (Å²) in [7, 11) is 0. The molecule has 22 heavy (non-hydrogen) atoms. The van der Waals surface area contributed by atoms with Crippen LogP contribution in [0.4, 0.5) is 10.1 Å². The van der Waals surface area contributed by atoms with E-state index in [9.17, 15) is 4.39 Å². The molecule has 2 unspecified atom stereocenters. The molecule has 114 valence electrons. The smallest absolute Gasteiger partial charge is 0.146 e. The topological polar surface area (TPSA) is 21.3 Å². The van der Waals surface area contributed by atoms with Gasteiger partial charge in [0.05, 0.1) is 17.8 Å². The maximum absolute atomic E-state index is 14.5. The zero-order valence-electron chi connectivity index (χ0n) is 12.7. The Morgan fingerprint density at radius 2 is 2.00 bits per heavy atom. The number of fused-ring (bicyclic) bond motifs is 3. The molecule has 0 radical (unpaired) electrons. The lowest BCUT2D eigenvalue weighted by Gasteiger charge is -2.43. The number of hydrogen-bond acceptors (Lipinski definition) is 2. The average Bonchev–Trinajstić information content (AvgIpc) is 2.55. The molecule has 2 heterocycles. The third-order valence-corrected chi connectivity index (χ3v) is 4.83. The summed E-state index contributed by atoms with van der Waals surface area (Å²) in [6.45, 7) is 2.70. The highest BCUT2D eigenvalue weighted by Crippen LogP contribution is 2.49. The quantitative estimate of drug-likeness (QED) is 0.818.